The molecule has 0 unspecified atom stereocenters. The largest absolute Gasteiger partial charge is 0.492 e. The minimum Gasteiger partial charge on any atom is -0.492 e. The standard InChI is InChI=1S/C31H31Cl2FN6O2S/c32-25-18-22(20-4-5-20)8-13-27(25)40-31(36-37-38-40)43-19-28(41)35-26-12-11-24(30(34)29(26)33)21-6-9-23(10-7-21)42-17-16-39-14-2-1-3-15-39/h6-13,18,20H,1-5,14-17,19H2,(H,35,41). The Hall–Kier alpha value is -3.18. The summed E-state index contributed by atoms with van der Waals surface area (Å²) in [7, 11) is 0. The van der Waals surface area contributed by atoms with E-state index in [1.807, 2.05) is 30.3 Å². The number of hydrogen-bond acceptors (Lipinski definition) is 7. The highest BCUT2D eigenvalue weighted by Crippen LogP contribution is 2.41. The third-order valence-electron chi connectivity index (χ3n) is 7.67. The maximum atomic E-state index is 15.3. The van der Waals surface area contributed by atoms with E-state index < -0.39 is 5.82 Å². The highest BCUT2D eigenvalue weighted by Gasteiger charge is 2.25. The summed E-state index contributed by atoms with van der Waals surface area (Å²) < 4.78 is 22.7. The second-order valence-electron chi connectivity index (χ2n) is 10.8. The molecule has 1 aliphatic heterocycles. The lowest BCUT2D eigenvalue weighted by Gasteiger charge is -2.26. The molecule has 2 fully saturated rings. The predicted octanol–water partition coefficient (Wildman–Crippen LogP) is 7.25. The summed E-state index contributed by atoms with van der Waals surface area (Å²) in [5.41, 5.74) is 3.02. The molecule has 1 aromatic heterocycles. The molecule has 0 bridgehead atoms. The van der Waals surface area contributed by atoms with Gasteiger partial charge >= 0.3 is 0 Å². The molecule has 1 amide bonds. The first-order valence-electron chi connectivity index (χ1n) is 14.4. The highest BCUT2D eigenvalue weighted by atomic mass is 35.5. The topological polar surface area (TPSA) is 85.2 Å². The van der Waals surface area contributed by atoms with Crippen LogP contribution in [-0.2, 0) is 4.79 Å². The fourth-order valence-electron chi connectivity index (χ4n) is 5.18. The molecule has 224 valence electrons. The summed E-state index contributed by atoms with van der Waals surface area (Å²) >= 11 is 14.0. The molecule has 1 saturated heterocycles. The number of hydrogen-bond donors (Lipinski definition) is 1. The Morgan fingerprint density at radius 3 is 2.58 bits per heavy atom. The Balaban J connectivity index is 1.04. The molecular weight excluding hydrogens is 610 g/mol. The Labute approximate surface area is 263 Å². The first-order chi connectivity index (χ1) is 21.0. The van der Waals surface area contributed by atoms with E-state index in [2.05, 4.69) is 25.7 Å². The molecule has 0 spiro atoms. The summed E-state index contributed by atoms with van der Waals surface area (Å²) in [6.07, 6.45) is 6.15. The first-order valence-corrected chi connectivity index (χ1v) is 16.1. The second kappa shape index (κ2) is 13.6. The molecule has 0 atom stereocenters. The molecule has 1 N–H and O–H groups in total. The van der Waals surface area contributed by atoms with Gasteiger partial charge in [0.1, 0.15) is 17.4 Å². The molecule has 12 heteroatoms. The number of likely N-dealkylation sites (tertiary alicyclic amines) is 1. The van der Waals surface area contributed by atoms with Crippen molar-refractivity contribution in [2.24, 2.45) is 0 Å². The average Bonchev–Trinajstić information content (AvgIpc) is 3.77. The molecule has 6 rings (SSSR count). The van der Waals surface area contributed by atoms with Gasteiger partial charge in [-0.25, -0.2) is 4.39 Å². The number of anilines is 1. The fraction of sp³-hybridized carbons (Fsp3) is 0.355. The number of piperidine rings is 1. The van der Waals surface area contributed by atoms with Crippen molar-refractivity contribution in [1.29, 1.82) is 0 Å². The highest BCUT2D eigenvalue weighted by molar-refractivity contribution is 7.99. The van der Waals surface area contributed by atoms with Crippen molar-refractivity contribution in [2.75, 3.05) is 37.3 Å². The number of halogens is 3. The minimum absolute atomic E-state index is 0.0168. The lowest BCUT2D eigenvalue weighted by Crippen LogP contribution is -2.33. The van der Waals surface area contributed by atoms with Crippen LogP contribution >= 0.6 is 35.0 Å². The van der Waals surface area contributed by atoms with E-state index in [4.69, 9.17) is 27.9 Å². The van der Waals surface area contributed by atoms with Gasteiger partial charge in [0.2, 0.25) is 11.1 Å². The van der Waals surface area contributed by atoms with E-state index in [9.17, 15) is 4.79 Å². The number of benzene rings is 3. The molecule has 2 heterocycles. The van der Waals surface area contributed by atoms with Crippen molar-refractivity contribution in [3.05, 3.63) is 76.0 Å². The van der Waals surface area contributed by atoms with Crippen molar-refractivity contribution in [2.45, 2.75) is 43.2 Å². The van der Waals surface area contributed by atoms with E-state index in [0.29, 0.717) is 39.5 Å². The molecule has 1 saturated carbocycles. The summed E-state index contributed by atoms with van der Waals surface area (Å²) in [6, 6.07) is 16.3. The molecule has 4 aromatic rings. The number of rotatable bonds is 11. The summed E-state index contributed by atoms with van der Waals surface area (Å²) in [5.74, 6) is 0.297. The van der Waals surface area contributed by atoms with E-state index in [0.717, 1.165) is 37.1 Å². The molecule has 2 aliphatic rings. The maximum absolute atomic E-state index is 15.3. The Morgan fingerprint density at radius 1 is 1.05 bits per heavy atom. The van der Waals surface area contributed by atoms with Crippen LogP contribution in [0.3, 0.4) is 0 Å². The fourth-order valence-corrected chi connectivity index (χ4v) is 6.34. The van der Waals surface area contributed by atoms with Gasteiger partial charge < -0.3 is 10.1 Å². The first kappa shape index (κ1) is 29.9. The van der Waals surface area contributed by atoms with Crippen LogP contribution in [-0.4, -0.2) is 63.0 Å². The van der Waals surface area contributed by atoms with Crippen LogP contribution in [0, 0.1) is 5.82 Å². The number of ether oxygens (including phenoxy) is 1. The number of aromatic nitrogens is 4. The van der Waals surface area contributed by atoms with Crippen molar-refractivity contribution in [3.8, 4) is 22.6 Å². The maximum Gasteiger partial charge on any atom is 0.234 e. The predicted molar refractivity (Wildman–Crippen MR) is 168 cm³/mol. The van der Waals surface area contributed by atoms with Crippen LogP contribution in [0.25, 0.3) is 16.8 Å². The molecule has 3 aromatic carbocycles. The number of carbonyl (C=O) groups excluding carboxylic acids is 1. The number of carbonyl (C=O) groups is 1. The van der Waals surface area contributed by atoms with Gasteiger partial charge in [0, 0.05) is 12.1 Å². The van der Waals surface area contributed by atoms with E-state index in [1.54, 1.807) is 24.3 Å². The van der Waals surface area contributed by atoms with Gasteiger partial charge in [-0.1, -0.05) is 59.6 Å². The molecule has 1 aliphatic carbocycles. The number of tetrazole rings is 1. The van der Waals surface area contributed by atoms with Gasteiger partial charge in [-0.3, -0.25) is 9.69 Å². The number of nitrogens with zero attached hydrogens (tertiary/aromatic N) is 5. The van der Waals surface area contributed by atoms with Crippen molar-refractivity contribution in [3.63, 3.8) is 0 Å². The smallest absolute Gasteiger partial charge is 0.234 e. The monoisotopic (exact) mass is 640 g/mol. The van der Waals surface area contributed by atoms with Crippen molar-refractivity contribution in [1.82, 2.24) is 25.1 Å². The molecule has 0 radical (unpaired) electrons. The van der Waals surface area contributed by atoms with Crippen LogP contribution in [0.5, 0.6) is 5.75 Å². The van der Waals surface area contributed by atoms with Crippen LogP contribution in [0.1, 0.15) is 43.6 Å². The van der Waals surface area contributed by atoms with E-state index in [-0.39, 0.29) is 22.4 Å². The van der Waals surface area contributed by atoms with E-state index >= 15 is 4.39 Å². The van der Waals surface area contributed by atoms with Crippen molar-refractivity contribution < 1.29 is 13.9 Å². The normalized spacial score (nSPS) is 15.4. The van der Waals surface area contributed by atoms with Gasteiger partial charge in [0.15, 0.2) is 5.82 Å². The third kappa shape index (κ3) is 7.32. The molecular formula is C31H31Cl2FN6O2S. The van der Waals surface area contributed by atoms with Crippen molar-refractivity contribution >= 4 is 46.6 Å². The zero-order chi connectivity index (χ0) is 29.8. The minimum atomic E-state index is -0.612. The second-order valence-corrected chi connectivity index (χ2v) is 12.5. The Bertz CT molecular complexity index is 1590. The van der Waals surface area contributed by atoms with Gasteiger partial charge in [0.25, 0.3) is 0 Å². The van der Waals surface area contributed by atoms with Crippen LogP contribution < -0.4 is 10.1 Å². The molecule has 8 nitrogen and oxygen atoms in total. The quantitative estimate of drug-likeness (QED) is 0.173. The third-order valence-corrected chi connectivity index (χ3v) is 9.26. The SMILES string of the molecule is O=C(CSc1nnnn1-c1ccc(C2CC2)cc1Cl)Nc1ccc(-c2ccc(OCCN3CCCCC3)cc2)c(F)c1Cl. The van der Waals surface area contributed by atoms with Crippen LogP contribution in [0.15, 0.2) is 59.8 Å². The average molecular weight is 642 g/mol. The van der Waals surface area contributed by atoms with Gasteiger partial charge in [-0.2, -0.15) is 4.68 Å². The van der Waals surface area contributed by atoms with Gasteiger partial charge in [-0.15, -0.1) is 5.10 Å². The van der Waals surface area contributed by atoms with Crippen LogP contribution in [0.2, 0.25) is 10.0 Å². The lowest BCUT2D eigenvalue weighted by atomic mass is 10.0. The Morgan fingerprint density at radius 2 is 1.84 bits per heavy atom. The van der Waals surface area contributed by atoms with Gasteiger partial charge in [-0.05, 0) is 103 Å². The van der Waals surface area contributed by atoms with E-state index in [1.165, 1.54) is 42.3 Å². The Kier molecular flexibility index (Phi) is 9.47. The number of nitrogens with one attached hydrogen (secondary N) is 1. The zero-order valence-corrected chi connectivity index (χ0v) is 25.8. The zero-order valence-electron chi connectivity index (χ0n) is 23.4. The summed E-state index contributed by atoms with van der Waals surface area (Å²) in [6.45, 7) is 3.77. The number of amides is 1. The summed E-state index contributed by atoms with van der Waals surface area (Å²) in [5, 5.41) is 15.3. The molecule has 43 heavy (non-hydrogen) atoms. The van der Waals surface area contributed by atoms with Gasteiger partial charge in [0.05, 0.1) is 22.2 Å². The summed E-state index contributed by atoms with van der Waals surface area (Å²) in [4.78, 5) is 15.2. The number of thioether (sulfide) groups is 1. The lowest BCUT2D eigenvalue weighted by molar-refractivity contribution is -0.113. The van der Waals surface area contributed by atoms with Crippen LogP contribution in [0.4, 0.5) is 10.1 Å².